The van der Waals surface area contributed by atoms with Crippen LogP contribution in [0.4, 0.5) is 5.88 Å². The lowest BCUT2D eigenvalue weighted by Gasteiger charge is -2.20. The molecule has 0 radical (unpaired) electrons. The fraction of sp³-hybridized carbons (Fsp3) is 0.545. The van der Waals surface area contributed by atoms with Crippen molar-refractivity contribution in [3.05, 3.63) is 28.0 Å². The number of fused-ring (bicyclic) bond motifs is 2. The molecule has 2 aliphatic rings. The molecule has 2 bridgehead atoms. The lowest BCUT2D eigenvalue weighted by atomic mass is 9.95. The van der Waals surface area contributed by atoms with Gasteiger partial charge in [-0.25, -0.2) is 0 Å². The predicted octanol–water partition coefficient (Wildman–Crippen LogP) is 0.810. The highest BCUT2D eigenvalue weighted by molar-refractivity contribution is 5.92. The molecule has 0 aliphatic carbocycles. The van der Waals surface area contributed by atoms with Crippen LogP contribution in [0.3, 0.4) is 0 Å². The van der Waals surface area contributed by atoms with Gasteiger partial charge in [-0.3, -0.25) is 14.9 Å². The van der Waals surface area contributed by atoms with Gasteiger partial charge in [-0.05, 0) is 25.3 Å². The first-order chi connectivity index (χ1) is 8.63. The SMILES string of the molecule is O=C(N[C@@H]1C[C@H]2CC[C@@H]1N2)c1ccc([N+](=O)[O-])o1. The Morgan fingerprint density at radius 1 is 1.50 bits per heavy atom. The quantitative estimate of drug-likeness (QED) is 0.612. The second-order valence-corrected chi connectivity index (χ2v) is 4.76. The number of amides is 1. The summed E-state index contributed by atoms with van der Waals surface area (Å²) in [6.45, 7) is 0. The maximum absolute atomic E-state index is 11.9. The highest BCUT2D eigenvalue weighted by Crippen LogP contribution is 2.28. The molecule has 1 aromatic heterocycles. The number of furan rings is 1. The van der Waals surface area contributed by atoms with Gasteiger partial charge in [0.2, 0.25) is 0 Å². The Hall–Kier alpha value is -1.89. The minimum absolute atomic E-state index is 0.00975. The van der Waals surface area contributed by atoms with Crippen LogP contribution in [0.1, 0.15) is 29.8 Å². The van der Waals surface area contributed by atoms with E-state index in [1.54, 1.807) is 0 Å². The number of carbonyl (C=O) groups is 1. The molecule has 0 saturated carbocycles. The molecular formula is C11H13N3O4. The molecule has 1 amide bonds. The third kappa shape index (κ3) is 1.86. The number of nitrogens with one attached hydrogen (secondary N) is 2. The molecule has 7 nitrogen and oxygen atoms in total. The molecule has 0 spiro atoms. The zero-order chi connectivity index (χ0) is 12.7. The Morgan fingerprint density at radius 2 is 2.33 bits per heavy atom. The second-order valence-electron chi connectivity index (χ2n) is 4.76. The van der Waals surface area contributed by atoms with E-state index in [9.17, 15) is 14.9 Å². The molecular weight excluding hydrogens is 238 g/mol. The Morgan fingerprint density at radius 3 is 2.89 bits per heavy atom. The van der Waals surface area contributed by atoms with Crippen LogP contribution < -0.4 is 10.6 Å². The predicted molar refractivity (Wildman–Crippen MR) is 61.2 cm³/mol. The van der Waals surface area contributed by atoms with Crippen LogP contribution >= 0.6 is 0 Å². The molecule has 0 aromatic carbocycles. The van der Waals surface area contributed by atoms with Gasteiger partial charge in [0, 0.05) is 18.1 Å². The molecule has 3 atom stereocenters. The lowest BCUT2D eigenvalue weighted by molar-refractivity contribution is -0.402. The average molecular weight is 251 g/mol. The van der Waals surface area contributed by atoms with Gasteiger partial charge >= 0.3 is 5.88 Å². The van der Waals surface area contributed by atoms with Crippen LogP contribution in [0, 0.1) is 10.1 Å². The van der Waals surface area contributed by atoms with Gasteiger partial charge in [-0.15, -0.1) is 0 Å². The largest absolute Gasteiger partial charge is 0.433 e. The Balaban J connectivity index is 1.65. The highest BCUT2D eigenvalue weighted by atomic mass is 16.6. The van der Waals surface area contributed by atoms with E-state index in [1.807, 2.05) is 0 Å². The van der Waals surface area contributed by atoms with Crippen molar-refractivity contribution in [1.82, 2.24) is 10.6 Å². The molecule has 3 heterocycles. The van der Waals surface area contributed by atoms with Crippen molar-refractivity contribution in [2.24, 2.45) is 0 Å². The lowest BCUT2D eigenvalue weighted by Crippen LogP contribution is -2.42. The van der Waals surface area contributed by atoms with E-state index in [2.05, 4.69) is 10.6 Å². The minimum Gasteiger partial charge on any atom is -0.395 e. The first-order valence-corrected chi connectivity index (χ1v) is 5.94. The third-order valence-corrected chi connectivity index (χ3v) is 3.61. The number of hydrogen-bond acceptors (Lipinski definition) is 5. The maximum Gasteiger partial charge on any atom is 0.433 e. The van der Waals surface area contributed by atoms with Crippen molar-refractivity contribution >= 4 is 11.8 Å². The zero-order valence-electron chi connectivity index (χ0n) is 9.59. The van der Waals surface area contributed by atoms with E-state index in [-0.39, 0.29) is 17.7 Å². The van der Waals surface area contributed by atoms with Crippen LogP contribution in [0.25, 0.3) is 0 Å². The summed E-state index contributed by atoms with van der Waals surface area (Å²) in [5.41, 5.74) is 0. The summed E-state index contributed by atoms with van der Waals surface area (Å²) in [5, 5.41) is 16.7. The van der Waals surface area contributed by atoms with Gasteiger partial charge in [0.1, 0.15) is 4.92 Å². The molecule has 2 fully saturated rings. The van der Waals surface area contributed by atoms with E-state index in [1.165, 1.54) is 12.1 Å². The topological polar surface area (TPSA) is 97.4 Å². The van der Waals surface area contributed by atoms with Crippen molar-refractivity contribution in [2.45, 2.75) is 37.4 Å². The third-order valence-electron chi connectivity index (χ3n) is 3.61. The summed E-state index contributed by atoms with van der Waals surface area (Å²) in [4.78, 5) is 21.7. The van der Waals surface area contributed by atoms with Crippen LogP contribution in [0.2, 0.25) is 0 Å². The summed E-state index contributed by atoms with van der Waals surface area (Å²) in [6, 6.07) is 3.43. The highest BCUT2D eigenvalue weighted by Gasteiger charge is 2.40. The number of hydrogen-bond donors (Lipinski definition) is 2. The maximum atomic E-state index is 11.9. The molecule has 96 valence electrons. The minimum atomic E-state index is -0.657. The first-order valence-electron chi connectivity index (χ1n) is 5.94. The Labute approximate surface area is 103 Å². The van der Waals surface area contributed by atoms with Crippen molar-refractivity contribution in [3.63, 3.8) is 0 Å². The fourth-order valence-electron chi connectivity index (χ4n) is 2.77. The van der Waals surface area contributed by atoms with Gasteiger partial charge in [0.15, 0.2) is 5.76 Å². The van der Waals surface area contributed by atoms with E-state index < -0.39 is 10.8 Å². The normalized spacial score (nSPS) is 29.4. The second kappa shape index (κ2) is 4.09. The van der Waals surface area contributed by atoms with Gasteiger partial charge < -0.3 is 15.1 Å². The molecule has 1 aromatic rings. The Bertz CT molecular complexity index is 498. The van der Waals surface area contributed by atoms with Crippen LogP contribution in [-0.2, 0) is 0 Å². The molecule has 2 aliphatic heterocycles. The molecule has 2 N–H and O–H groups in total. The first kappa shape index (κ1) is 11.2. The summed E-state index contributed by atoms with van der Waals surface area (Å²) < 4.78 is 4.87. The smallest absolute Gasteiger partial charge is 0.395 e. The molecule has 3 rings (SSSR count). The monoisotopic (exact) mass is 251 g/mol. The van der Waals surface area contributed by atoms with E-state index in [4.69, 9.17) is 4.42 Å². The van der Waals surface area contributed by atoms with Gasteiger partial charge in [0.05, 0.1) is 6.07 Å². The summed E-state index contributed by atoms with van der Waals surface area (Å²) in [5.74, 6) is -0.807. The van der Waals surface area contributed by atoms with Crippen molar-refractivity contribution in [1.29, 1.82) is 0 Å². The van der Waals surface area contributed by atoms with Crippen molar-refractivity contribution in [3.8, 4) is 0 Å². The summed E-state index contributed by atoms with van der Waals surface area (Å²) >= 11 is 0. The molecule has 0 unspecified atom stereocenters. The number of nitro groups is 1. The average Bonchev–Trinajstić information content (AvgIpc) is 3.04. The van der Waals surface area contributed by atoms with Crippen LogP contribution in [-0.4, -0.2) is 29.0 Å². The van der Waals surface area contributed by atoms with Crippen LogP contribution in [0.15, 0.2) is 16.5 Å². The van der Waals surface area contributed by atoms with Crippen molar-refractivity contribution < 1.29 is 14.1 Å². The van der Waals surface area contributed by atoms with E-state index in [0.29, 0.717) is 12.1 Å². The molecule has 18 heavy (non-hydrogen) atoms. The van der Waals surface area contributed by atoms with Crippen LogP contribution in [0.5, 0.6) is 0 Å². The standard InChI is InChI=1S/C11H13N3O4/c15-11(9-3-4-10(18-9)14(16)17)13-8-5-6-1-2-7(8)12-6/h3-4,6-8,12H,1-2,5H2,(H,13,15)/t6-,7+,8-/m1/s1. The number of carbonyl (C=O) groups excluding carboxylic acids is 1. The fourth-order valence-corrected chi connectivity index (χ4v) is 2.77. The molecule has 2 saturated heterocycles. The summed E-state index contributed by atoms with van der Waals surface area (Å²) in [6.07, 6.45) is 3.14. The van der Waals surface area contributed by atoms with Gasteiger partial charge in [-0.2, -0.15) is 0 Å². The van der Waals surface area contributed by atoms with E-state index in [0.717, 1.165) is 19.3 Å². The zero-order valence-corrected chi connectivity index (χ0v) is 9.59. The number of rotatable bonds is 3. The van der Waals surface area contributed by atoms with Gasteiger partial charge in [-0.1, -0.05) is 0 Å². The summed E-state index contributed by atoms with van der Waals surface area (Å²) in [7, 11) is 0. The van der Waals surface area contributed by atoms with E-state index >= 15 is 0 Å². The van der Waals surface area contributed by atoms with Gasteiger partial charge in [0.25, 0.3) is 5.91 Å². The molecule has 7 heteroatoms. The Kier molecular flexibility index (Phi) is 2.55. The van der Waals surface area contributed by atoms with Crippen molar-refractivity contribution in [2.75, 3.05) is 0 Å². The number of nitrogens with zero attached hydrogens (tertiary/aromatic N) is 1.